The number of hydrogen-bond acceptors (Lipinski definition) is 5. The molecule has 0 unspecified atom stereocenters. The number of imidazole rings is 1. The van der Waals surface area contributed by atoms with Crippen molar-refractivity contribution >= 4 is 22.6 Å². The predicted octanol–water partition coefficient (Wildman–Crippen LogP) is 4.62. The molecule has 1 aliphatic rings. The zero-order chi connectivity index (χ0) is 23.5. The number of anilines is 1. The molecule has 2 aromatic heterocycles. The van der Waals surface area contributed by atoms with Gasteiger partial charge in [-0.25, -0.2) is 4.98 Å². The number of carbonyl (C=O) groups excluding carboxylic acids is 1. The molecule has 1 amide bonds. The molecule has 176 valence electrons. The number of furan rings is 1. The summed E-state index contributed by atoms with van der Waals surface area (Å²) in [7, 11) is 0. The van der Waals surface area contributed by atoms with Gasteiger partial charge in [0.1, 0.15) is 6.33 Å². The third-order valence-electron chi connectivity index (χ3n) is 6.65. The molecule has 0 N–H and O–H groups in total. The van der Waals surface area contributed by atoms with E-state index in [0.29, 0.717) is 6.42 Å². The molecule has 34 heavy (non-hydrogen) atoms. The Kier molecular flexibility index (Phi) is 6.36. The summed E-state index contributed by atoms with van der Waals surface area (Å²) in [5.41, 5.74) is 6.50. The number of benzene rings is 2. The first-order chi connectivity index (χ1) is 16.7. The van der Waals surface area contributed by atoms with Gasteiger partial charge in [-0.3, -0.25) is 14.3 Å². The minimum Gasteiger partial charge on any atom is -0.472 e. The Balaban J connectivity index is 1.30. The third-order valence-corrected chi connectivity index (χ3v) is 6.65. The van der Waals surface area contributed by atoms with Gasteiger partial charge in [0.25, 0.3) is 0 Å². The summed E-state index contributed by atoms with van der Waals surface area (Å²) >= 11 is 0. The van der Waals surface area contributed by atoms with Gasteiger partial charge in [-0.2, -0.15) is 0 Å². The number of nitrogens with zero attached hydrogens (tertiary/aromatic N) is 5. The summed E-state index contributed by atoms with van der Waals surface area (Å²) in [6.45, 7) is 9.24. The molecule has 0 radical (unpaired) electrons. The quantitative estimate of drug-likeness (QED) is 0.405. The second kappa shape index (κ2) is 9.73. The molecule has 1 saturated heterocycles. The van der Waals surface area contributed by atoms with Crippen LogP contribution in [-0.2, 0) is 4.79 Å². The summed E-state index contributed by atoms with van der Waals surface area (Å²) in [5.74, 6) is 0.224. The van der Waals surface area contributed by atoms with E-state index in [1.165, 1.54) is 5.69 Å². The van der Waals surface area contributed by atoms with Crippen LogP contribution in [0.5, 0.6) is 0 Å². The highest BCUT2D eigenvalue weighted by Crippen LogP contribution is 2.27. The Morgan fingerprint density at radius 2 is 1.82 bits per heavy atom. The van der Waals surface area contributed by atoms with Crippen LogP contribution in [0.15, 0.2) is 71.8 Å². The van der Waals surface area contributed by atoms with Crippen LogP contribution in [-0.4, -0.2) is 64.7 Å². The molecule has 7 nitrogen and oxygen atoms in total. The van der Waals surface area contributed by atoms with Crippen LogP contribution < -0.4 is 4.90 Å². The lowest BCUT2D eigenvalue weighted by Gasteiger charge is -2.38. The van der Waals surface area contributed by atoms with Crippen LogP contribution >= 0.6 is 0 Å². The van der Waals surface area contributed by atoms with E-state index in [1.54, 1.807) is 12.5 Å². The fraction of sp³-hybridized carbons (Fsp3) is 0.333. The van der Waals surface area contributed by atoms with Crippen LogP contribution in [0, 0.1) is 0 Å². The maximum absolute atomic E-state index is 12.1. The third kappa shape index (κ3) is 4.43. The van der Waals surface area contributed by atoms with Gasteiger partial charge in [-0.1, -0.05) is 19.1 Å². The van der Waals surface area contributed by atoms with E-state index in [4.69, 9.17) is 4.42 Å². The van der Waals surface area contributed by atoms with Crippen molar-refractivity contribution in [1.29, 1.82) is 0 Å². The minimum absolute atomic E-state index is 0.224. The van der Waals surface area contributed by atoms with Crippen molar-refractivity contribution in [2.24, 2.45) is 0 Å². The number of piperazine rings is 1. The lowest BCUT2D eigenvalue weighted by Crippen LogP contribution is -2.51. The van der Waals surface area contributed by atoms with Crippen molar-refractivity contribution in [2.45, 2.75) is 20.3 Å². The molecule has 4 aromatic rings. The van der Waals surface area contributed by atoms with Gasteiger partial charge in [-0.05, 0) is 48.9 Å². The van der Waals surface area contributed by atoms with Crippen molar-refractivity contribution in [3.63, 3.8) is 0 Å². The first-order valence-corrected chi connectivity index (χ1v) is 12.0. The standard InChI is InChI=1S/C27H31N5O2/c1-3-27(33)30(4-2)20-29-11-13-31(14-12-29)23-6-5-7-24(17-23)32-19-28-25-16-21(8-9-26(25)32)22-10-15-34-18-22/h5-10,15-19H,3-4,11-14,20H2,1-2H3. The fourth-order valence-corrected chi connectivity index (χ4v) is 4.63. The zero-order valence-corrected chi connectivity index (χ0v) is 19.9. The molecular weight excluding hydrogens is 426 g/mol. The number of carbonyl (C=O) groups is 1. The average Bonchev–Trinajstić information content (AvgIpc) is 3.57. The Hall–Kier alpha value is -3.58. The van der Waals surface area contributed by atoms with Crippen LogP contribution in [0.4, 0.5) is 5.69 Å². The van der Waals surface area contributed by atoms with Crippen molar-refractivity contribution < 1.29 is 9.21 Å². The van der Waals surface area contributed by atoms with Gasteiger partial charge in [0.05, 0.1) is 30.2 Å². The Morgan fingerprint density at radius 3 is 2.56 bits per heavy atom. The lowest BCUT2D eigenvalue weighted by atomic mass is 10.1. The SMILES string of the molecule is CCC(=O)N(CC)CN1CCN(c2cccc(-n3cnc4cc(-c5ccoc5)ccc43)c2)CC1. The molecule has 0 saturated carbocycles. The molecule has 0 bridgehead atoms. The maximum atomic E-state index is 12.1. The summed E-state index contributed by atoms with van der Waals surface area (Å²) in [6.07, 6.45) is 5.90. The fourth-order valence-electron chi connectivity index (χ4n) is 4.63. The molecule has 7 heteroatoms. The smallest absolute Gasteiger partial charge is 0.223 e. The summed E-state index contributed by atoms with van der Waals surface area (Å²) in [5, 5.41) is 0. The first kappa shape index (κ1) is 22.2. The van der Waals surface area contributed by atoms with E-state index in [9.17, 15) is 4.79 Å². The molecule has 2 aromatic carbocycles. The Bertz CT molecular complexity index is 1260. The minimum atomic E-state index is 0.224. The number of amides is 1. The van der Waals surface area contributed by atoms with E-state index in [2.05, 4.69) is 61.8 Å². The van der Waals surface area contributed by atoms with Crippen molar-refractivity contribution in [2.75, 3.05) is 44.3 Å². The van der Waals surface area contributed by atoms with Crippen LogP contribution in [0.25, 0.3) is 27.8 Å². The van der Waals surface area contributed by atoms with Crippen molar-refractivity contribution in [3.8, 4) is 16.8 Å². The molecule has 0 atom stereocenters. The molecule has 1 aliphatic heterocycles. The largest absolute Gasteiger partial charge is 0.472 e. The number of hydrogen-bond donors (Lipinski definition) is 0. The van der Waals surface area contributed by atoms with E-state index in [-0.39, 0.29) is 5.91 Å². The average molecular weight is 458 g/mol. The van der Waals surface area contributed by atoms with Gasteiger partial charge < -0.3 is 14.2 Å². The Morgan fingerprint density at radius 1 is 1.00 bits per heavy atom. The van der Waals surface area contributed by atoms with Crippen molar-refractivity contribution in [3.05, 3.63) is 67.4 Å². The van der Waals surface area contributed by atoms with E-state index >= 15 is 0 Å². The van der Waals surface area contributed by atoms with Gasteiger partial charge in [0.2, 0.25) is 5.91 Å². The van der Waals surface area contributed by atoms with Crippen LogP contribution in [0.2, 0.25) is 0 Å². The van der Waals surface area contributed by atoms with E-state index in [1.807, 2.05) is 31.1 Å². The van der Waals surface area contributed by atoms with Gasteiger partial charge >= 0.3 is 0 Å². The van der Waals surface area contributed by atoms with Gasteiger partial charge in [0.15, 0.2) is 0 Å². The highest BCUT2D eigenvalue weighted by molar-refractivity contribution is 5.83. The van der Waals surface area contributed by atoms with Crippen LogP contribution in [0.1, 0.15) is 20.3 Å². The van der Waals surface area contributed by atoms with Crippen LogP contribution in [0.3, 0.4) is 0 Å². The number of rotatable bonds is 7. The summed E-state index contributed by atoms with van der Waals surface area (Å²) < 4.78 is 7.36. The van der Waals surface area contributed by atoms with Crippen molar-refractivity contribution in [1.82, 2.24) is 19.4 Å². The number of aromatic nitrogens is 2. The van der Waals surface area contributed by atoms with Gasteiger partial charge in [0, 0.05) is 56.1 Å². The molecule has 3 heterocycles. The Labute approximate surface area is 200 Å². The second-order valence-corrected chi connectivity index (χ2v) is 8.70. The maximum Gasteiger partial charge on any atom is 0.223 e. The topological polar surface area (TPSA) is 57.8 Å². The molecule has 0 aliphatic carbocycles. The van der Waals surface area contributed by atoms with E-state index in [0.717, 1.165) is 67.2 Å². The monoisotopic (exact) mass is 457 g/mol. The molecule has 0 spiro atoms. The van der Waals surface area contributed by atoms with E-state index < -0.39 is 0 Å². The highest BCUT2D eigenvalue weighted by Gasteiger charge is 2.21. The number of fused-ring (bicyclic) bond motifs is 1. The second-order valence-electron chi connectivity index (χ2n) is 8.70. The lowest BCUT2D eigenvalue weighted by molar-refractivity contribution is -0.132. The summed E-state index contributed by atoms with van der Waals surface area (Å²) in [4.78, 5) is 23.5. The first-order valence-electron chi connectivity index (χ1n) is 12.0. The molecule has 5 rings (SSSR count). The summed E-state index contributed by atoms with van der Waals surface area (Å²) in [6, 6.07) is 16.9. The molecule has 1 fully saturated rings. The molecular formula is C27H31N5O2. The van der Waals surface area contributed by atoms with Gasteiger partial charge in [-0.15, -0.1) is 0 Å². The normalized spacial score (nSPS) is 14.6. The predicted molar refractivity (Wildman–Crippen MR) is 135 cm³/mol. The zero-order valence-electron chi connectivity index (χ0n) is 19.9. The highest BCUT2D eigenvalue weighted by atomic mass is 16.3.